The van der Waals surface area contributed by atoms with Crippen LogP contribution in [0.2, 0.25) is 0 Å². The molecule has 1 aromatic heterocycles. The van der Waals surface area contributed by atoms with Crippen molar-refractivity contribution in [2.75, 3.05) is 11.9 Å². The molecule has 0 bridgehead atoms. The Morgan fingerprint density at radius 1 is 0.946 bits per heavy atom. The zero-order valence-electron chi connectivity index (χ0n) is 20.6. The number of halogens is 1. The number of fused-ring (bicyclic) bond motifs is 1. The van der Waals surface area contributed by atoms with Crippen LogP contribution < -0.4 is 10.6 Å². The standard InChI is InChI=1S/C29H28FN3O4/c1-18(2)22-7-3-6-10-25(22)32-27(34)17-37-29(36)26(33-28(35)19-11-13-21(30)14-12-19)15-20-16-31-24-9-5-4-8-23(20)24/h3-14,16,18,26,31H,15,17H2,1-2H3,(H,32,34)(H,33,35)/t26-/m1/s1. The number of benzene rings is 3. The molecule has 4 aromatic rings. The molecule has 190 valence electrons. The number of rotatable bonds is 9. The Kier molecular flexibility index (Phi) is 7.98. The van der Waals surface area contributed by atoms with E-state index in [-0.39, 0.29) is 17.9 Å². The third-order valence-corrected chi connectivity index (χ3v) is 6.00. The maximum Gasteiger partial charge on any atom is 0.329 e. The fourth-order valence-corrected chi connectivity index (χ4v) is 4.09. The minimum absolute atomic E-state index is 0.133. The predicted octanol–water partition coefficient (Wildman–Crippen LogP) is 4.95. The SMILES string of the molecule is CC(C)c1ccccc1NC(=O)COC(=O)[C@@H](Cc1c[nH]c2ccccc12)NC(=O)c1ccc(F)cc1. The van der Waals surface area contributed by atoms with E-state index in [4.69, 9.17) is 4.74 Å². The monoisotopic (exact) mass is 501 g/mol. The maximum atomic E-state index is 13.3. The number of anilines is 1. The summed E-state index contributed by atoms with van der Waals surface area (Å²) in [5.74, 6) is -2.08. The summed E-state index contributed by atoms with van der Waals surface area (Å²) in [5, 5.41) is 6.36. The lowest BCUT2D eigenvalue weighted by Gasteiger charge is -2.18. The van der Waals surface area contributed by atoms with E-state index in [9.17, 15) is 18.8 Å². The third-order valence-electron chi connectivity index (χ3n) is 6.00. The van der Waals surface area contributed by atoms with Gasteiger partial charge in [-0.25, -0.2) is 9.18 Å². The number of carbonyl (C=O) groups excluding carboxylic acids is 3. The number of H-pyrrole nitrogens is 1. The summed E-state index contributed by atoms with van der Waals surface area (Å²) in [6, 6.07) is 18.9. The van der Waals surface area contributed by atoms with E-state index in [1.54, 1.807) is 12.3 Å². The Morgan fingerprint density at radius 3 is 2.41 bits per heavy atom. The van der Waals surface area contributed by atoms with Crippen molar-refractivity contribution in [3.8, 4) is 0 Å². The zero-order chi connectivity index (χ0) is 26.4. The van der Waals surface area contributed by atoms with Gasteiger partial charge < -0.3 is 20.4 Å². The molecule has 37 heavy (non-hydrogen) atoms. The molecule has 0 unspecified atom stereocenters. The number of nitrogens with one attached hydrogen (secondary N) is 3. The van der Waals surface area contributed by atoms with Crippen molar-refractivity contribution in [3.63, 3.8) is 0 Å². The van der Waals surface area contributed by atoms with Crippen molar-refractivity contribution >= 4 is 34.4 Å². The molecule has 0 aliphatic rings. The summed E-state index contributed by atoms with van der Waals surface area (Å²) in [4.78, 5) is 41.6. The first-order valence-corrected chi connectivity index (χ1v) is 12.0. The Bertz CT molecular complexity index is 1410. The van der Waals surface area contributed by atoms with E-state index in [1.807, 2.05) is 56.3 Å². The fourth-order valence-electron chi connectivity index (χ4n) is 4.09. The molecule has 1 atom stereocenters. The van der Waals surface area contributed by atoms with E-state index in [0.29, 0.717) is 5.69 Å². The zero-order valence-corrected chi connectivity index (χ0v) is 20.6. The van der Waals surface area contributed by atoms with E-state index in [0.717, 1.165) is 22.0 Å². The van der Waals surface area contributed by atoms with E-state index in [2.05, 4.69) is 15.6 Å². The average molecular weight is 502 g/mol. The smallest absolute Gasteiger partial charge is 0.329 e. The Labute approximate surface area is 214 Å². The Balaban J connectivity index is 1.47. The number of esters is 1. The molecule has 2 amide bonds. The van der Waals surface area contributed by atoms with Crippen molar-refractivity contribution in [1.29, 1.82) is 0 Å². The van der Waals surface area contributed by atoms with Crippen molar-refractivity contribution in [2.24, 2.45) is 0 Å². The first-order valence-electron chi connectivity index (χ1n) is 12.0. The van der Waals surface area contributed by atoms with Gasteiger partial charge in [-0.3, -0.25) is 9.59 Å². The second-order valence-corrected chi connectivity index (χ2v) is 8.99. The number of carbonyl (C=O) groups is 3. The first kappa shape index (κ1) is 25.6. The summed E-state index contributed by atoms with van der Waals surface area (Å²) in [6.07, 6.45) is 1.90. The lowest BCUT2D eigenvalue weighted by molar-refractivity contribution is -0.149. The van der Waals surface area contributed by atoms with Crippen molar-refractivity contribution < 1.29 is 23.5 Å². The molecule has 0 saturated carbocycles. The van der Waals surface area contributed by atoms with Gasteiger partial charge in [0.1, 0.15) is 11.9 Å². The lowest BCUT2D eigenvalue weighted by Crippen LogP contribution is -2.44. The molecule has 1 heterocycles. The summed E-state index contributed by atoms with van der Waals surface area (Å²) in [5.41, 5.74) is 3.50. The van der Waals surface area contributed by atoms with Crippen LogP contribution in [0.3, 0.4) is 0 Å². The summed E-state index contributed by atoms with van der Waals surface area (Å²) < 4.78 is 18.6. The summed E-state index contributed by atoms with van der Waals surface area (Å²) in [7, 11) is 0. The van der Waals surface area contributed by atoms with Crippen LogP contribution in [-0.4, -0.2) is 35.4 Å². The molecule has 7 nitrogen and oxygen atoms in total. The molecule has 0 spiro atoms. The van der Waals surface area contributed by atoms with Crippen LogP contribution in [0.4, 0.5) is 10.1 Å². The van der Waals surface area contributed by atoms with Gasteiger partial charge in [0.2, 0.25) is 0 Å². The van der Waals surface area contributed by atoms with Crippen LogP contribution in [0.5, 0.6) is 0 Å². The number of amides is 2. The lowest BCUT2D eigenvalue weighted by atomic mass is 10.0. The van der Waals surface area contributed by atoms with Crippen LogP contribution in [0, 0.1) is 5.82 Å². The second-order valence-electron chi connectivity index (χ2n) is 8.99. The molecule has 0 fully saturated rings. The van der Waals surface area contributed by atoms with Gasteiger partial charge in [-0.1, -0.05) is 50.2 Å². The van der Waals surface area contributed by atoms with Crippen LogP contribution in [-0.2, 0) is 20.7 Å². The Hall–Kier alpha value is -4.46. The van der Waals surface area contributed by atoms with Gasteiger partial charge in [0.05, 0.1) is 0 Å². The van der Waals surface area contributed by atoms with Crippen LogP contribution in [0.25, 0.3) is 10.9 Å². The quantitative estimate of drug-likeness (QED) is 0.283. The van der Waals surface area contributed by atoms with E-state index < -0.39 is 36.2 Å². The molecule has 3 N–H and O–H groups in total. The first-order chi connectivity index (χ1) is 17.8. The molecular formula is C29H28FN3O4. The molecule has 0 aliphatic carbocycles. The highest BCUT2D eigenvalue weighted by Crippen LogP contribution is 2.24. The highest BCUT2D eigenvalue weighted by molar-refractivity contribution is 5.98. The number of ether oxygens (including phenoxy) is 1. The minimum atomic E-state index is -1.08. The molecule has 0 saturated heterocycles. The molecule has 3 aromatic carbocycles. The van der Waals surface area contributed by atoms with Crippen LogP contribution >= 0.6 is 0 Å². The number of aromatic nitrogens is 1. The predicted molar refractivity (Wildman–Crippen MR) is 140 cm³/mol. The van der Waals surface area contributed by atoms with Gasteiger partial charge in [0.25, 0.3) is 11.8 Å². The second kappa shape index (κ2) is 11.5. The average Bonchev–Trinajstić information content (AvgIpc) is 3.30. The maximum absolute atomic E-state index is 13.3. The number of hydrogen-bond acceptors (Lipinski definition) is 4. The summed E-state index contributed by atoms with van der Waals surface area (Å²) in [6.45, 7) is 3.52. The fraction of sp³-hybridized carbons (Fsp3) is 0.207. The minimum Gasteiger partial charge on any atom is -0.454 e. The van der Waals surface area contributed by atoms with E-state index in [1.165, 1.54) is 24.3 Å². The molecule has 0 aliphatic heterocycles. The number of hydrogen-bond donors (Lipinski definition) is 3. The van der Waals surface area contributed by atoms with Gasteiger partial charge in [-0.15, -0.1) is 0 Å². The molecule has 8 heteroatoms. The van der Waals surface area contributed by atoms with Gasteiger partial charge >= 0.3 is 5.97 Å². The van der Waals surface area contributed by atoms with E-state index >= 15 is 0 Å². The van der Waals surface area contributed by atoms with Crippen LogP contribution in [0.15, 0.2) is 79.0 Å². The van der Waals surface area contributed by atoms with Crippen molar-refractivity contribution in [2.45, 2.75) is 32.2 Å². The van der Waals surface area contributed by atoms with Crippen molar-refractivity contribution in [1.82, 2.24) is 10.3 Å². The molecular weight excluding hydrogens is 473 g/mol. The molecule has 4 rings (SSSR count). The highest BCUT2D eigenvalue weighted by atomic mass is 19.1. The normalized spacial score (nSPS) is 11.8. The van der Waals surface area contributed by atoms with Gasteiger partial charge in [-0.05, 0) is 53.4 Å². The number of para-hydroxylation sites is 2. The topological polar surface area (TPSA) is 100 Å². The van der Waals surface area contributed by atoms with Gasteiger partial charge in [-0.2, -0.15) is 0 Å². The summed E-state index contributed by atoms with van der Waals surface area (Å²) >= 11 is 0. The number of aromatic amines is 1. The van der Waals surface area contributed by atoms with Crippen LogP contribution in [0.1, 0.15) is 41.3 Å². The van der Waals surface area contributed by atoms with Crippen molar-refractivity contribution in [3.05, 3.63) is 102 Å². The Morgan fingerprint density at radius 2 is 1.65 bits per heavy atom. The highest BCUT2D eigenvalue weighted by Gasteiger charge is 2.25. The largest absolute Gasteiger partial charge is 0.454 e. The van der Waals surface area contributed by atoms with Gasteiger partial charge in [0, 0.05) is 34.8 Å². The van der Waals surface area contributed by atoms with Gasteiger partial charge in [0.15, 0.2) is 6.61 Å². The third kappa shape index (κ3) is 6.41. The molecule has 0 radical (unpaired) electrons.